The highest BCUT2D eigenvalue weighted by Crippen LogP contribution is 2.16. The standard InChI is InChI=1S/C15H32N2O2/c1-5-6-14-12-17(7-8-19-10-9-18-4)15(11-16-14)13(2)3/h13-16H,5-12H2,1-4H3. The molecule has 2 unspecified atom stereocenters. The highest BCUT2D eigenvalue weighted by molar-refractivity contribution is 4.87. The van der Waals surface area contributed by atoms with Crippen LogP contribution in [-0.2, 0) is 9.47 Å². The molecule has 4 nitrogen and oxygen atoms in total. The molecule has 0 aromatic rings. The van der Waals surface area contributed by atoms with Crippen molar-refractivity contribution in [3.63, 3.8) is 0 Å². The van der Waals surface area contributed by atoms with Gasteiger partial charge in [0.15, 0.2) is 0 Å². The van der Waals surface area contributed by atoms with E-state index in [1.165, 1.54) is 12.8 Å². The van der Waals surface area contributed by atoms with Crippen molar-refractivity contribution in [1.29, 1.82) is 0 Å². The second-order valence-corrected chi connectivity index (χ2v) is 5.81. The Morgan fingerprint density at radius 2 is 2.05 bits per heavy atom. The molecule has 1 N–H and O–H groups in total. The van der Waals surface area contributed by atoms with Crippen LogP contribution in [-0.4, -0.2) is 63.5 Å². The number of ether oxygens (including phenoxy) is 2. The van der Waals surface area contributed by atoms with Crippen LogP contribution in [0.5, 0.6) is 0 Å². The van der Waals surface area contributed by atoms with Crippen LogP contribution in [0.1, 0.15) is 33.6 Å². The molecule has 1 aliphatic rings. The van der Waals surface area contributed by atoms with Gasteiger partial charge in [0.25, 0.3) is 0 Å². The summed E-state index contributed by atoms with van der Waals surface area (Å²) in [6.45, 7) is 12.4. The van der Waals surface area contributed by atoms with Gasteiger partial charge < -0.3 is 14.8 Å². The maximum atomic E-state index is 5.61. The van der Waals surface area contributed by atoms with Gasteiger partial charge >= 0.3 is 0 Å². The van der Waals surface area contributed by atoms with Gasteiger partial charge in [-0.05, 0) is 12.3 Å². The summed E-state index contributed by atoms with van der Waals surface area (Å²) in [6.07, 6.45) is 2.52. The zero-order valence-corrected chi connectivity index (χ0v) is 13.2. The van der Waals surface area contributed by atoms with E-state index in [1.54, 1.807) is 7.11 Å². The van der Waals surface area contributed by atoms with Gasteiger partial charge in [0.1, 0.15) is 0 Å². The lowest BCUT2D eigenvalue weighted by Crippen LogP contribution is -2.58. The van der Waals surface area contributed by atoms with E-state index in [9.17, 15) is 0 Å². The molecule has 0 radical (unpaired) electrons. The number of nitrogens with zero attached hydrogens (tertiary/aromatic N) is 1. The molecule has 0 aliphatic carbocycles. The summed E-state index contributed by atoms with van der Waals surface area (Å²) in [5.74, 6) is 0.689. The van der Waals surface area contributed by atoms with E-state index in [1.807, 2.05) is 0 Å². The predicted molar refractivity (Wildman–Crippen MR) is 79.6 cm³/mol. The Kier molecular flexibility index (Phi) is 8.62. The van der Waals surface area contributed by atoms with E-state index >= 15 is 0 Å². The summed E-state index contributed by atoms with van der Waals surface area (Å²) < 4.78 is 10.6. The van der Waals surface area contributed by atoms with Crippen molar-refractivity contribution in [2.24, 2.45) is 5.92 Å². The first-order chi connectivity index (χ1) is 9.19. The van der Waals surface area contributed by atoms with E-state index in [2.05, 4.69) is 31.0 Å². The number of hydrogen-bond acceptors (Lipinski definition) is 4. The minimum absolute atomic E-state index is 0.638. The Balaban J connectivity index is 2.34. The largest absolute Gasteiger partial charge is 0.382 e. The zero-order valence-electron chi connectivity index (χ0n) is 13.2. The predicted octanol–water partition coefficient (Wildman–Crippen LogP) is 1.75. The van der Waals surface area contributed by atoms with Crippen molar-refractivity contribution in [2.75, 3.05) is 46.6 Å². The third-order valence-corrected chi connectivity index (χ3v) is 3.90. The van der Waals surface area contributed by atoms with Crippen LogP contribution in [0.25, 0.3) is 0 Å². The SMILES string of the molecule is CCCC1CN(CCOCCOC)C(C(C)C)CN1. The molecule has 1 heterocycles. The van der Waals surface area contributed by atoms with Crippen LogP contribution in [0.2, 0.25) is 0 Å². The Bertz CT molecular complexity index is 224. The maximum Gasteiger partial charge on any atom is 0.0700 e. The van der Waals surface area contributed by atoms with Crippen LogP contribution in [0.3, 0.4) is 0 Å². The molecule has 0 aromatic heterocycles. The summed E-state index contributed by atoms with van der Waals surface area (Å²) in [5.41, 5.74) is 0. The van der Waals surface area contributed by atoms with Gasteiger partial charge in [0, 0.05) is 38.8 Å². The summed E-state index contributed by atoms with van der Waals surface area (Å²) in [4.78, 5) is 2.61. The van der Waals surface area contributed by atoms with Crippen molar-refractivity contribution in [1.82, 2.24) is 10.2 Å². The van der Waals surface area contributed by atoms with Crippen LogP contribution >= 0.6 is 0 Å². The van der Waals surface area contributed by atoms with Gasteiger partial charge in [-0.25, -0.2) is 0 Å². The van der Waals surface area contributed by atoms with E-state index in [-0.39, 0.29) is 0 Å². The number of piperazine rings is 1. The van der Waals surface area contributed by atoms with Crippen molar-refractivity contribution >= 4 is 0 Å². The van der Waals surface area contributed by atoms with Gasteiger partial charge in [-0.2, -0.15) is 0 Å². The molecule has 114 valence electrons. The molecule has 0 saturated carbocycles. The fourth-order valence-electron chi connectivity index (χ4n) is 2.78. The molecule has 2 atom stereocenters. The number of methoxy groups -OCH3 is 1. The third kappa shape index (κ3) is 6.21. The topological polar surface area (TPSA) is 33.7 Å². The summed E-state index contributed by atoms with van der Waals surface area (Å²) in [7, 11) is 1.71. The lowest BCUT2D eigenvalue weighted by molar-refractivity contribution is 0.0300. The monoisotopic (exact) mass is 272 g/mol. The first kappa shape index (κ1) is 16.9. The average Bonchev–Trinajstić information content (AvgIpc) is 2.39. The Morgan fingerprint density at radius 1 is 1.26 bits per heavy atom. The van der Waals surface area contributed by atoms with Gasteiger partial charge in [0.2, 0.25) is 0 Å². The smallest absolute Gasteiger partial charge is 0.0700 e. The van der Waals surface area contributed by atoms with Crippen molar-refractivity contribution in [3.05, 3.63) is 0 Å². The number of nitrogens with one attached hydrogen (secondary N) is 1. The third-order valence-electron chi connectivity index (χ3n) is 3.90. The number of rotatable bonds is 9. The van der Waals surface area contributed by atoms with Crippen molar-refractivity contribution < 1.29 is 9.47 Å². The number of hydrogen-bond donors (Lipinski definition) is 1. The first-order valence-corrected chi connectivity index (χ1v) is 7.73. The molecular formula is C15H32N2O2. The fourth-order valence-corrected chi connectivity index (χ4v) is 2.78. The lowest BCUT2D eigenvalue weighted by atomic mass is 9.97. The molecular weight excluding hydrogens is 240 g/mol. The molecule has 1 rings (SSSR count). The summed E-state index contributed by atoms with van der Waals surface area (Å²) in [5, 5.41) is 3.69. The first-order valence-electron chi connectivity index (χ1n) is 7.73. The minimum atomic E-state index is 0.638. The summed E-state index contributed by atoms with van der Waals surface area (Å²) >= 11 is 0. The molecule has 4 heteroatoms. The average molecular weight is 272 g/mol. The Hall–Kier alpha value is -0.160. The van der Waals surface area contributed by atoms with Gasteiger partial charge in [0.05, 0.1) is 19.8 Å². The second kappa shape index (κ2) is 9.70. The van der Waals surface area contributed by atoms with Crippen LogP contribution in [0.15, 0.2) is 0 Å². The van der Waals surface area contributed by atoms with Gasteiger partial charge in [-0.15, -0.1) is 0 Å². The highest BCUT2D eigenvalue weighted by Gasteiger charge is 2.28. The molecule has 0 spiro atoms. The summed E-state index contributed by atoms with van der Waals surface area (Å²) in [6, 6.07) is 1.29. The van der Waals surface area contributed by atoms with E-state index in [4.69, 9.17) is 9.47 Å². The van der Waals surface area contributed by atoms with E-state index < -0.39 is 0 Å². The zero-order chi connectivity index (χ0) is 14.1. The van der Waals surface area contributed by atoms with Crippen LogP contribution in [0.4, 0.5) is 0 Å². The van der Waals surface area contributed by atoms with Crippen molar-refractivity contribution in [3.8, 4) is 0 Å². The van der Waals surface area contributed by atoms with Crippen molar-refractivity contribution in [2.45, 2.75) is 45.7 Å². The Labute approximate surface area is 118 Å². The van der Waals surface area contributed by atoms with Gasteiger partial charge in [-0.3, -0.25) is 4.90 Å². The molecule has 1 aliphatic heterocycles. The maximum absolute atomic E-state index is 5.61. The lowest BCUT2D eigenvalue weighted by Gasteiger charge is -2.42. The molecule has 19 heavy (non-hydrogen) atoms. The van der Waals surface area contributed by atoms with Crippen LogP contribution in [0, 0.1) is 5.92 Å². The quantitative estimate of drug-likeness (QED) is 0.648. The normalized spacial score (nSPS) is 25.1. The van der Waals surface area contributed by atoms with Gasteiger partial charge in [-0.1, -0.05) is 27.2 Å². The highest BCUT2D eigenvalue weighted by atomic mass is 16.5. The molecule has 1 saturated heterocycles. The molecule has 1 fully saturated rings. The molecule has 0 aromatic carbocycles. The molecule has 0 amide bonds. The molecule has 0 bridgehead atoms. The van der Waals surface area contributed by atoms with E-state index in [0.29, 0.717) is 31.2 Å². The fraction of sp³-hybridized carbons (Fsp3) is 1.00. The second-order valence-electron chi connectivity index (χ2n) is 5.81. The Morgan fingerprint density at radius 3 is 2.68 bits per heavy atom. The van der Waals surface area contributed by atoms with Crippen LogP contribution < -0.4 is 5.32 Å². The minimum Gasteiger partial charge on any atom is -0.382 e. The van der Waals surface area contributed by atoms with E-state index in [0.717, 1.165) is 26.2 Å².